The number of nitrogens with zero attached hydrogens (tertiary/aromatic N) is 1. The Morgan fingerprint density at radius 2 is 1.73 bits per heavy atom. The molecule has 11 heteroatoms. The molecule has 5 nitrogen and oxygen atoms in total. The number of carbonyl (C=O) groups excluding carboxylic acids is 1. The van der Waals surface area contributed by atoms with Gasteiger partial charge in [-0.2, -0.15) is 13.2 Å². The lowest BCUT2D eigenvalue weighted by Gasteiger charge is -2.15. The first-order valence-corrected chi connectivity index (χ1v) is 8.11. The molecule has 0 saturated heterocycles. The number of alkyl halides is 3. The van der Waals surface area contributed by atoms with Crippen molar-refractivity contribution in [3.63, 3.8) is 0 Å². The van der Waals surface area contributed by atoms with Crippen LogP contribution in [0.25, 0.3) is 11.1 Å². The van der Waals surface area contributed by atoms with Gasteiger partial charge in [0.25, 0.3) is 5.91 Å². The molecule has 0 spiro atoms. The van der Waals surface area contributed by atoms with Gasteiger partial charge in [0.2, 0.25) is 0 Å². The maximum absolute atomic E-state index is 13.1. The highest BCUT2D eigenvalue weighted by Crippen LogP contribution is 2.35. The summed E-state index contributed by atoms with van der Waals surface area (Å²) in [5.41, 5.74) is 3.94. The number of aromatic nitrogens is 1. The van der Waals surface area contributed by atoms with Gasteiger partial charge in [-0.25, -0.2) is 4.98 Å². The molecule has 0 aliphatic rings. The van der Waals surface area contributed by atoms with Crippen LogP contribution in [0.2, 0.25) is 10.3 Å². The van der Waals surface area contributed by atoms with Gasteiger partial charge in [-0.05, 0) is 53.7 Å². The molecule has 3 N–H and O–H groups in total. The van der Waals surface area contributed by atoms with Crippen LogP contribution in [-0.4, -0.2) is 23.1 Å². The van der Waals surface area contributed by atoms with Gasteiger partial charge in [0.05, 0.1) is 5.56 Å². The van der Waals surface area contributed by atoms with Crippen molar-refractivity contribution in [1.29, 1.82) is 0 Å². The molecule has 0 radical (unpaired) electrons. The number of pyridine rings is 1. The van der Waals surface area contributed by atoms with Crippen LogP contribution < -0.4 is 16.2 Å². The van der Waals surface area contributed by atoms with Crippen molar-refractivity contribution in [2.24, 2.45) is 0 Å². The molecule has 0 aliphatic carbocycles. The van der Waals surface area contributed by atoms with Gasteiger partial charge in [0.15, 0.2) is 5.11 Å². The first-order valence-electron chi connectivity index (χ1n) is 6.94. The molecule has 0 bridgehead atoms. The van der Waals surface area contributed by atoms with E-state index >= 15 is 0 Å². The van der Waals surface area contributed by atoms with Gasteiger partial charge < -0.3 is 5.32 Å². The van der Waals surface area contributed by atoms with Crippen LogP contribution in [0.4, 0.5) is 13.2 Å². The summed E-state index contributed by atoms with van der Waals surface area (Å²) >= 11 is 16.5. The quantitative estimate of drug-likeness (QED) is 0.390. The van der Waals surface area contributed by atoms with Crippen LogP contribution in [-0.2, 0) is 6.18 Å². The van der Waals surface area contributed by atoms with E-state index in [4.69, 9.17) is 35.4 Å². The fourth-order valence-electron chi connectivity index (χ4n) is 2.02. The molecule has 0 fully saturated rings. The third kappa shape index (κ3) is 4.96. The van der Waals surface area contributed by atoms with E-state index in [2.05, 4.69) is 21.2 Å². The summed E-state index contributed by atoms with van der Waals surface area (Å²) in [6.07, 6.45) is -4.59. The zero-order valence-corrected chi connectivity index (χ0v) is 15.4. The molecular weight excluding hydrogens is 412 g/mol. The summed E-state index contributed by atoms with van der Waals surface area (Å²) in [7, 11) is 1.53. The number of hydrogen-bond donors (Lipinski definition) is 3. The SMILES string of the molecule is CNC(=S)NNC(=O)c1ccc(C(F)(F)F)cc1-c1cc(Cl)nc(Cl)c1. The topological polar surface area (TPSA) is 66.0 Å². The highest BCUT2D eigenvalue weighted by Gasteiger charge is 2.31. The van der Waals surface area contributed by atoms with Crippen molar-refractivity contribution in [2.45, 2.75) is 6.18 Å². The van der Waals surface area contributed by atoms with E-state index in [0.29, 0.717) is 0 Å². The number of rotatable bonds is 2. The highest BCUT2D eigenvalue weighted by atomic mass is 35.5. The summed E-state index contributed by atoms with van der Waals surface area (Å²) < 4.78 is 39.2. The van der Waals surface area contributed by atoms with Crippen LogP contribution in [0.1, 0.15) is 15.9 Å². The standard InChI is InChI=1S/C15H11Cl2F3N4OS/c1-21-14(26)24-23-13(25)9-3-2-8(15(18,19)20)6-10(9)7-4-11(16)22-12(17)5-7/h2-6H,1H3,(H,23,25)(H2,21,24,26). The fraction of sp³-hybridized carbons (Fsp3) is 0.133. The van der Waals surface area contributed by atoms with Gasteiger partial charge in [-0.1, -0.05) is 23.2 Å². The molecule has 138 valence electrons. The molecule has 0 aliphatic heterocycles. The van der Waals surface area contributed by atoms with Crippen LogP contribution in [0.5, 0.6) is 0 Å². The third-order valence-corrected chi connectivity index (χ3v) is 3.88. The molecule has 0 unspecified atom stereocenters. The second-order valence-electron chi connectivity index (χ2n) is 4.92. The normalized spacial score (nSPS) is 11.0. The molecule has 26 heavy (non-hydrogen) atoms. The van der Waals surface area contributed by atoms with E-state index in [0.717, 1.165) is 18.2 Å². The molecule has 2 rings (SSSR count). The zero-order valence-electron chi connectivity index (χ0n) is 13.0. The van der Waals surface area contributed by atoms with Crippen molar-refractivity contribution in [2.75, 3.05) is 7.05 Å². The van der Waals surface area contributed by atoms with Crippen LogP contribution in [0.3, 0.4) is 0 Å². The summed E-state index contributed by atoms with van der Waals surface area (Å²) in [5, 5.41) is 2.66. The Labute approximate surface area is 161 Å². The van der Waals surface area contributed by atoms with E-state index in [1.165, 1.54) is 19.2 Å². The molecule has 0 saturated carbocycles. The van der Waals surface area contributed by atoms with E-state index in [1.807, 2.05) is 0 Å². The number of hydrogen-bond acceptors (Lipinski definition) is 3. The molecule has 1 amide bonds. The number of benzene rings is 1. The number of halogens is 5. The van der Waals surface area contributed by atoms with Crippen molar-refractivity contribution in [3.05, 3.63) is 51.8 Å². The van der Waals surface area contributed by atoms with Gasteiger partial charge in [0, 0.05) is 12.6 Å². The lowest BCUT2D eigenvalue weighted by atomic mass is 9.97. The molecule has 1 aromatic carbocycles. The summed E-state index contributed by atoms with van der Waals surface area (Å²) in [6.45, 7) is 0. The Morgan fingerprint density at radius 3 is 2.27 bits per heavy atom. The lowest BCUT2D eigenvalue weighted by molar-refractivity contribution is -0.137. The molecule has 0 atom stereocenters. The van der Waals surface area contributed by atoms with Crippen molar-refractivity contribution >= 4 is 46.4 Å². The number of nitrogens with one attached hydrogen (secondary N) is 3. The predicted octanol–water partition coefficient (Wildman–Crippen LogP) is 3.81. The first kappa shape index (κ1) is 20.2. The summed E-state index contributed by atoms with van der Waals surface area (Å²) in [6, 6.07) is 5.32. The average molecular weight is 423 g/mol. The van der Waals surface area contributed by atoms with Gasteiger partial charge in [-0.15, -0.1) is 0 Å². The van der Waals surface area contributed by atoms with Gasteiger partial charge in [-0.3, -0.25) is 15.6 Å². The van der Waals surface area contributed by atoms with Crippen molar-refractivity contribution in [1.82, 2.24) is 21.2 Å². The smallest absolute Gasteiger partial charge is 0.364 e. The molecule has 1 heterocycles. The first-order chi connectivity index (χ1) is 12.1. The number of amides is 1. The Bertz CT molecular complexity index is 841. The zero-order chi connectivity index (χ0) is 19.5. The minimum Gasteiger partial charge on any atom is -0.364 e. The second kappa shape index (κ2) is 8.07. The summed E-state index contributed by atoms with van der Waals surface area (Å²) in [4.78, 5) is 16.1. The third-order valence-electron chi connectivity index (χ3n) is 3.18. The summed E-state index contributed by atoms with van der Waals surface area (Å²) in [5.74, 6) is -0.699. The predicted molar refractivity (Wildman–Crippen MR) is 97.0 cm³/mol. The van der Waals surface area contributed by atoms with E-state index in [9.17, 15) is 18.0 Å². The average Bonchev–Trinajstić information content (AvgIpc) is 2.57. The Morgan fingerprint density at radius 1 is 1.12 bits per heavy atom. The number of carbonyl (C=O) groups is 1. The van der Waals surface area contributed by atoms with Crippen molar-refractivity contribution < 1.29 is 18.0 Å². The van der Waals surface area contributed by atoms with Crippen LogP contribution in [0, 0.1) is 0 Å². The monoisotopic (exact) mass is 422 g/mol. The van der Waals surface area contributed by atoms with E-state index in [-0.39, 0.29) is 32.1 Å². The van der Waals surface area contributed by atoms with E-state index < -0.39 is 17.6 Å². The highest BCUT2D eigenvalue weighted by molar-refractivity contribution is 7.80. The van der Waals surface area contributed by atoms with Crippen LogP contribution in [0.15, 0.2) is 30.3 Å². The Kier molecular flexibility index (Phi) is 6.27. The Balaban J connectivity index is 2.53. The number of thiocarbonyl (C=S) groups is 1. The minimum atomic E-state index is -4.59. The van der Waals surface area contributed by atoms with E-state index in [1.54, 1.807) is 0 Å². The fourth-order valence-corrected chi connectivity index (χ4v) is 2.53. The van der Waals surface area contributed by atoms with Crippen molar-refractivity contribution in [3.8, 4) is 11.1 Å². The largest absolute Gasteiger partial charge is 0.416 e. The molecular formula is C15H11Cl2F3N4OS. The lowest BCUT2D eigenvalue weighted by Crippen LogP contribution is -2.45. The van der Waals surface area contributed by atoms with Crippen LogP contribution >= 0.6 is 35.4 Å². The maximum atomic E-state index is 13.1. The number of hydrazine groups is 1. The van der Waals surface area contributed by atoms with Gasteiger partial charge in [0.1, 0.15) is 10.3 Å². The minimum absolute atomic E-state index is 0.0132. The maximum Gasteiger partial charge on any atom is 0.416 e. The molecule has 1 aromatic heterocycles. The second-order valence-corrected chi connectivity index (χ2v) is 6.10. The Hall–Kier alpha value is -2.10. The molecule has 2 aromatic rings. The van der Waals surface area contributed by atoms with Gasteiger partial charge >= 0.3 is 6.18 Å².